The van der Waals surface area contributed by atoms with E-state index in [9.17, 15) is 0 Å². The van der Waals surface area contributed by atoms with Crippen molar-refractivity contribution in [2.75, 3.05) is 9.80 Å². The fraction of sp³-hybridized carbons (Fsp3) is 0.229. The van der Waals surface area contributed by atoms with E-state index in [-0.39, 0.29) is 21.7 Å². The third kappa shape index (κ3) is 8.53. The molecule has 1 aromatic heterocycles. The summed E-state index contributed by atoms with van der Waals surface area (Å²) in [6, 6.07) is 75.8. The molecule has 0 spiro atoms. The number of anilines is 6. The Kier molecular flexibility index (Phi) is 11.5. The summed E-state index contributed by atoms with van der Waals surface area (Å²) in [5.74, 6) is 0. The average Bonchev–Trinajstić information content (AvgIpc) is 3.70. The van der Waals surface area contributed by atoms with E-state index in [0.29, 0.717) is 0 Å². The van der Waals surface area contributed by atoms with Crippen LogP contribution in [0.5, 0.6) is 0 Å². The number of fused-ring (bicyclic) bond motifs is 8. The van der Waals surface area contributed by atoms with Gasteiger partial charge in [-0.15, -0.1) is 0 Å². The molecule has 0 unspecified atom stereocenters. The quantitative estimate of drug-likeness (QED) is 0.158. The zero-order valence-electron chi connectivity index (χ0n) is 44.9. The molecule has 0 fully saturated rings. The monoisotopic (exact) mass is 952 g/mol. The molecule has 0 amide bonds. The Hall–Kier alpha value is -7.62. The molecule has 0 atom stereocenters. The summed E-state index contributed by atoms with van der Waals surface area (Å²) >= 11 is 0. The number of hydrogen-bond donors (Lipinski definition) is 0. The number of rotatable bonds is 7. The fourth-order valence-corrected chi connectivity index (χ4v) is 11.0. The largest absolute Gasteiger partial charge is 0.310 e. The van der Waals surface area contributed by atoms with E-state index in [1.807, 2.05) is 0 Å². The summed E-state index contributed by atoms with van der Waals surface area (Å²) in [5, 5.41) is 9.71. The molecule has 3 heteroatoms. The van der Waals surface area contributed by atoms with E-state index >= 15 is 0 Å². The normalized spacial score (nSPS) is 12.7. The van der Waals surface area contributed by atoms with Gasteiger partial charge >= 0.3 is 0 Å². The highest BCUT2D eigenvalue weighted by Gasteiger charge is 2.28. The van der Waals surface area contributed by atoms with E-state index in [2.05, 4.69) is 298 Å². The zero-order chi connectivity index (χ0) is 51.2. The first kappa shape index (κ1) is 47.7. The molecule has 364 valence electrons. The standard InChI is InChI=1S/C70H69N3/c1-67(2,3)47-28-36-51(37-29-47)71(52-38-30-48(31-39-52)68(4,5)6)61-44-63-65(58-25-17-15-23-56(58)61)66-59-26-18-16-24-57(59)62(45-64(66)73(63)60-27-19-21-46-20-13-14-22-55(46)60)72(53-40-32-49(33-41-53)69(7,8)9)54-42-34-50(35-43-54)70(10,11)12/h13-45H,1-12H3. The van der Waals surface area contributed by atoms with Gasteiger partial charge in [0.25, 0.3) is 0 Å². The number of hydrogen-bond acceptors (Lipinski definition) is 2. The SMILES string of the molecule is CC(C)(C)c1ccc(N(c2ccc(C(C)(C)C)cc2)c2cc3c(c4ccccc24)c2c4ccccc4c(N(c4ccc(C(C)(C)C)cc4)c4ccc(C(C)(C)C)cc4)cc2n3-c2cccc3ccccc23)cc1. The molecule has 0 bridgehead atoms. The first-order chi connectivity index (χ1) is 34.8. The molecule has 1 heterocycles. The Morgan fingerprint density at radius 2 is 0.575 bits per heavy atom. The first-order valence-electron chi connectivity index (χ1n) is 26.2. The van der Waals surface area contributed by atoms with Gasteiger partial charge in [0, 0.05) is 49.7 Å². The average molecular weight is 952 g/mol. The van der Waals surface area contributed by atoms with Gasteiger partial charge in [-0.05, 0) is 127 Å². The number of benzene rings is 10. The van der Waals surface area contributed by atoms with Gasteiger partial charge in [0.05, 0.1) is 28.1 Å². The summed E-state index contributed by atoms with van der Waals surface area (Å²) in [7, 11) is 0. The van der Waals surface area contributed by atoms with Crippen LogP contribution in [0.4, 0.5) is 34.1 Å². The molecule has 3 nitrogen and oxygen atoms in total. The minimum atomic E-state index is 0.0195. The molecule has 0 N–H and O–H groups in total. The van der Waals surface area contributed by atoms with Gasteiger partial charge in [0.15, 0.2) is 0 Å². The predicted octanol–water partition coefficient (Wildman–Crippen LogP) is 20.4. The molecular formula is C70H69N3. The smallest absolute Gasteiger partial charge is 0.0568 e. The van der Waals surface area contributed by atoms with Crippen LogP contribution >= 0.6 is 0 Å². The first-order valence-corrected chi connectivity index (χ1v) is 26.2. The lowest BCUT2D eigenvalue weighted by Crippen LogP contribution is -2.14. The molecule has 0 aliphatic rings. The van der Waals surface area contributed by atoms with Gasteiger partial charge in [0.1, 0.15) is 0 Å². The van der Waals surface area contributed by atoms with Gasteiger partial charge in [-0.1, -0.05) is 217 Å². The Balaban J connectivity index is 1.28. The van der Waals surface area contributed by atoms with Crippen molar-refractivity contribution < 1.29 is 0 Å². The zero-order valence-corrected chi connectivity index (χ0v) is 44.9. The van der Waals surface area contributed by atoms with Crippen LogP contribution in [0.2, 0.25) is 0 Å². The van der Waals surface area contributed by atoms with Crippen LogP contribution in [0.15, 0.2) is 200 Å². The van der Waals surface area contributed by atoms with E-state index in [1.54, 1.807) is 0 Å². The molecule has 0 aliphatic heterocycles. The van der Waals surface area contributed by atoms with Crippen LogP contribution in [0.3, 0.4) is 0 Å². The summed E-state index contributed by atoms with van der Waals surface area (Å²) in [5.41, 5.74) is 15.5. The second-order valence-electron chi connectivity index (χ2n) is 24.4. The third-order valence-electron chi connectivity index (χ3n) is 15.2. The van der Waals surface area contributed by atoms with Crippen molar-refractivity contribution in [1.82, 2.24) is 4.57 Å². The van der Waals surface area contributed by atoms with Crippen LogP contribution in [0, 0.1) is 0 Å². The van der Waals surface area contributed by atoms with E-state index in [1.165, 1.54) is 65.3 Å². The van der Waals surface area contributed by atoms with E-state index in [4.69, 9.17) is 0 Å². The van der Waals surface area contributed by atoms with E-state index in [0.717, 1.165) is 50.8 Å². The lowest BCUT2D eigenvalue weighted by molar-refractivity contribution is 0.590. The molecular weight excluding hydrogens is 883 g/mol. The highest BCUT2D eigenvalue weighted by Crippen LogP contribution is 2.51. The van der Waals surface area contributed by atoms with Gasteiger partial charge in [0.2, 0.25) is 0 Å². The Labute approximate surface area is 433 Å². The maximum absolute atomic E-state index is 2.58. The summed E-state index contributed by atoms with van der Waals surface area (Å²) in [6.07, 6.45) is 0. The highest BCUT2D eigenvalue weighted by atomic mass is 15.2. The van der Waals surface area contributed by atoms with Crippen LogP contribution in [0.1, 0.15) is 105 Å². The molecule has 73 heavy (non-hydrogen) atoms. The Morgan fingerprint density at radius 3 is 0.904 bits per heavy atom. The van der Waals surface area contributed by atoms with Crippen molar-refractivity contribution in [3.8, 4) is 5.69 Å². The van der Waals surface area contributed by atoms with Crippen molar-refractivity contribution in [3.63, 3.8) is 0 Å². The maximum Gasteiger partial charge on any atom is 0.0568 e. The van der Waals surface area contributed by atoms with Crippen molar-refractivity contribution in [3.05, 3.63) is 222 Å². The summed E-state index contributed by atoms with van der Waals surface area (Å²) in [6.45, 7) is 27.5. The number of nitrogens with zero attached hydrogens (tertiary/aromatic N) is 3. The minimum absolute atomic E-state index is 0.0195. The van der Waals surface area contributed by atoms with Crippen molar-refractivity contribution in [2.45, 2.75) is 105 Å². The molecule has 0 aliphatic carbocycles. The highest BCUT2D eigenvalue weighted by molar-refractivity contribution is 6.32. The second-order valence-corrected chi connectivity index (χ2v) is 24.4. The summed E-state index contributed by atoms with van der Waals surface area (Å²) in [4.78, 5) is 4.97. The molecule has 0 saturated heterocycles. The van der Waals surface area contributed by atoms with Crippen LogP contribution in [0.25, 0.3) is 59.8 Å². The van der Waals surface area contributed by atoms with Gasteiger partial charge < -0.3 is 14.4 Å². The molecule has 10 aromatic carbocycles. The van der Waals surface area contributed by atoms with Crippen molar-refractivity contribution in [1.29, 1.82) is 0 Å². The third-order valence-corrected chi connectivity index (χ3v) is 15.2. The van der Waals surface area contributed by atoms with Crippen molar-refractivity contribution >= 4 is 88.2 Å². The van der Waals surface area contributed by atoms with Gasteiger partial charge in [-0.25, -0.2) is 0 Å². The minimum Gasteiger partial charge on any atom is -0.310 e. The molecule has 0 radical (unpaired) electrons. The van der Waals surface area contributed by atoms with Gasteiger partial charge in [-0.3, -0.25) is 0 Å². The topological polar surface area (TPSA) is 11.4 Å². The van der Waals surface area contributed by atoms with E-state index < -0.39 is 0 Å². The predicted molar refractivity (Wildman–Crippen MR) is 317 cm³/mol. The second kappa shape index (κ2) is 17.6. The van der Waals surface area contributed by atoms with Crippen LogP contribution in [-0.2, 0) is 21.7 Å². The van der Waals surface area contributed by atoms with Crippen LogP contribution < -0.4 is 9.80 Å². The fourth-order valence-electron chi connectivity index (χ4n) is 11.0. The molecule has 11 rings (SSSR count). The summed E-state index contributed by atoms with van der Waals surface area (Å²) < 4.78 is 2.58. The number of aromatic nitrogens is 1. The lowest BCUT2D eigenvalue weighted by atomic mass is 9.86. The molecule has 11 aromatic rings. The van der Waals surface area contributed by atoms with Crippen molar-refractivity contribution in [2.24, 2.45) is 0 Å². The maximum atomic E-state index is 2.58. The lowest BCUT2D eigenvalue weighted by Gasteiger charge is -2.29. The molecule has 0 saturated carbocycles. The Morgan fingerprint density at radius 1 is 0.288 bits per heavy atom. The van der Waals surface area contributed by atoms with Gasteiger partial charge in [-0.2, -0.15) is 0 Å². The van der Waals surface area contributed by atoms with Crippen LogP contribution in [-0.4, -0.2) is 4.57 Å². The Bertz CT molecular complexity index is 3510.